The predicted octanol–water partition coefficient (Wildman–Crippen LogP) is 10.5. The Morgan fingerprint density at radius 1 is 0.346 bits per heavy atom. The van der Waals surface area contributed by atoms with Crippen LogP contribution < -0.4 is 50.1 Å². The third-order valence-electron chi connectivity index (χ3n) is 17.2. The maximum atomic E-state index is 13.6. The topological polar surface area (TPSA) is 301 Å². The fourth-order valence-electron chi connectivity index (χ4n) is 12.0. The second-order valence-corrected chi connectivity index (χ2v) is 24.0. The Bertz CT molecular complexity index is 4120. The minimum atomic E-state index is -0.133. The first-order valence-electron chi connectivity index (χ1n) is 34.0. The van der Waals surface area contributed by atoms with Crippen molar-refractivity contribution in [2.45, 2.75) is 92.9 Å². The van der Waals surface area contributed by atoms with E-state index in [1.165, 1.54) is 52.5 Å². The van der Waals surface area contributed by atoms with Crippen molar-refractivity contribution < 1.29 is 136 Å². The molecule has 0 spiro atoms. The summed E-state index contributed by atoms with van der Waals surface area (Å²) in [6.07, 6.45) is 5.46. The molecular formula is C86H84N6O10Sm2. The fourth-order valence-corrected chi connectivity index (χ4v) is 12.0. The van der Waals surface area contributed by atoms with Crippen molar-refractivity contribution in [3.8, 4) is 75.7 Å². The van der Waals surface area contributed by atoms with Gasteiger partial charge in [-0.25, -0.2) is 0 Å². The van der Waals surface area contributed by atoms with Gasteiger partial charge in [-0.3, -0.25) is 9.98 Å². The molecule has 0 unspecified atom stereocenters. The molecule has 2 radical (unpaired) electrons. The van der Waals surface area contributed by atoms with Crippen LogP contribution in [0.1, 0.15) is 142 Å². The molecule has 0 saturated heterocycles. The van der Waals surface area contributed by atoms with Crippen molar-refractivity contribution in [3.05, 3.63) is 294 Å². The number of nitriles is 3. The molecule has 530 valence electrons. The summed E-state index contributed by atoms with van der Waals surface area (Å²) in [7, 11) is 0. The van der Waals surface area contributed by atoms with E-state index in [-0.39, 0.29) is 166 Å². The Labute approximate surface area is 676 Å². The van der Waals surface area contributed by atoms with E-state index < -0.39 is 0 Å². The van der Waals surface area contributed by atoms with Crippen LogP contribution in [0.15, 0.2) is 204 Å². The fraction of sp³-hybridized carbons (Fsp3) is 0.244. The maximum absolute atomic E-state index is 13.6. The summed E-state index contributed by atoms with van der Waals surface area (Å²) >= 11 is 0. The Morgan fingerprint density at radius 3 is 0.769 bits per heavy atom. The van der Waals surface area contributed by atoms with Crippen LogP contribution in [0, 0.1) is 115 Å². The molecule has 16 nitrogen and oxygen atoms in total. The van der Waals surface area contributed by atoms with Crippen molar-refractivity contribution in [1.29, 1.82) is 15.8 Å². The van der Waals surface area contributed by atoms with Gasteiger partial charge in [-0.1, -0.05) is 250 Å². The zero-order valence-corrected chi connectivity index (χ0v) is 64.6. The van der Waals surface area contributed by atoms with Crippen LogP contribution in [-0.4, -0.2) is 63.5 Å². The molecule has 104 heavy (non-hydrogen) atoms. The molecule has 0 heterocycles. The molecule has 12 rings (SSSR count). The maximum Gasteiger partial charge on any atom is 3.00 e. The number of fused-ring (bicyclic) bond motifs is 16. The number of hydrogen-bond acceptors (Lipinski definition) is 15. The summed E-state index contributed by atoms with van der Waals surface area (Å²) < 4.78 is 12.6. The van der Waals surface area contributed by atoms with Gasteiger partial charge in [-0.05, 0) is 78.1 Å². The molecule has 0 saturated carbocycles. The van der Waals surface area contributed by atoms with Crippen molar-refractivity contribution in [1.82, 2.24) is 0 Å². The molecule has 0 fully saturated rings. The average molecular weight is 1660 g/mol. The van der Waals surface area contributed by atoms with Gasteiger partial charge < -0.3 is 55.2 Å². The first-order valence-corrected chi connectivity index (χ1v) is 34.0. The van der Waals surface area contributed by atoms with Gasteiger partial charge in [0.05, 0.1) is 50.9 Å². The van der Waals surface area contributed by atoms with E-state index in [0.29, 0.717) is 128 Å². The average Bonchev–Trinajstić information content (AvgIpc) is 0.798. The zero-order valence-electron chi connectivity index (χ0n) is 59.4. The molecule has 16 bridgehead atoms. The Kier molecular flexibility index (Phi) is 36.9. The molecule has 2 aliphatic carbocycles. The number of phenolic OH excluding ortho intramolecular Hbond substituents is 1. The Balaban J connectivity index is 0.000000305. The van der Waals surface area contributed by atoms with Crippen molar-refractivity contribution in [3.63, 3.8) is 0 Å². The SMILES string of the molecule is CC#N.CC#N.CC#N.CC[NH+](CC)CC.[O-]c1ccccc1C=NCCOc1c2cccc1Cc1cccc(c1[O-])Cc1cccc(c1O)Cc1cccc(c1[O-])C2.[O-]c1ccccc1C=NCCOc1c2cccc1Cc1cccc(c1[O-])Cc1cccc(c1[O-])Cc1cccc(c1[O-])C2.[Sm+3].[Sm+3]. The second-order valence-electron chi connectivity index (χ2n) is 24.0. The molecule has 0 aliphatic heterocycles. The van der Waals surface area contributed by atoms with Gasteiger partial charge in [-0.2, -0.15) is 15.8 Å². The number of benzene rings is 10. The van der Waals surface area contributed by atoms with Gasteiger partial charge in [0.1, 0.15) is 30.5 Å². The van der Waals surface area contributed by atoms with Crippen LogP contribution in [0.2, 0.25) is 0 Å². The number of nitrogens with zero attached hydrogens (tertiary/aromatic N) is 5. The normalized spacial score (nSPS) is 11.5. The number of aromatic hydroxyl groups is 1. The van der Waals surface area contributed by atoms with E-state index in [4.69, 9.17) is 25.3 Å². The number of ether oxygens (including phenoxy) is 2. The summed E-state index contributed by atoms with van der Waals surface area (Å²) in [6, 6.07) is 62.9. The van der Waals surface area contributed by atoms with Gasteiger partial charge in [0.25, 0.3) is 0 Å². The molecule has 2 aliphatic rings. The summed E-state index contributed by atoms with van der Waals surface area (Å²) in [5.74, 6) is 0.734. The summed E-state index contributed by atoms with van der Waals surface area (Å²) in [6.45, 7) is 15.9. The largest absolute Gasteiger partial charge is 3.00 e. The molecule has 10 aromatic rings. The predicted molar refractivity (Wildman–Crippen MR) is 387 cm³/mol. The Hall–Kier alpha value is -9.35. The summed E-state index contributed by atoms with van der Waals surface area (Å²) in [4.78, 5) is 10.4. The standard InChI is InChI=1S/2C37H33NO5.C6H15N.3C2H3N.2Sm/c2*39-33-16-2-1-7-32(33)23-38-17-18-43-37-30-14-6-15-31(37)22-29-13-5-11-27(36(29)42)20-25-9-3-8-24(34(25)40)19-26-10-4-12-28(21-30)35(26)41;1-4-7(5-2)6-3;3*1-2-3;;/h2*1-16,23,39-42H,17-22H2;4-6H2,1-3H3;3*1H3;;/q;;;;;;2*+3/p-6. The molecule has 0 atom stereocenters. The van der Waals surface area contributed by atoms with E-state index in [1.807, 2.05) is 109 Å². The first-order chi connectivity index (χ1) is 49.5. The molecule has 0 aromatic heterocycles. The van der Waals surface area contributed by atoms with Gasteiger partial charge in [-0.15, -0.1) is 40.2 Å². The van der Waals surface area contributed by atoms with Crippen LogP contribution in [0.5, 0.6) is 57.5 Å². The van der Waals surface area contributed by atoms with Crippen molar-refractivity contribution in [2.24, 2.45) is 9.98 Å². The van der Waals surface area contributed by atoms with Gasteiger partial charge in [0.2, 0.25) is 0 Å². The zero-order chi connectivity index (χ0) is 73.3. The minimum absolute atomic E-state index is 0. The van der Waals surface area contributed by atoms with Crippen molar-refractivity contribution >= 4 is 12.4 Å². The number of nitrogens with one attached hydrogen (secondary N) is 1. The van der Waals surface area contributed by atoms with E-state index in [2.05, 4.69) is 30.8 Å². The first kappa shape index (κ1) is 85.3. The number of hydrogen-bond donors (Lipinski definition) is 2. The van der Waals surface area contributed by atoms with E-state index in [9.17, 15) is 40.9 Å². The summed E-state index contributed by atoms with van der Waals surface area (Å²) in [5, 5.41) is 125. The van der Waals surface area contributed by atoms with Crippen LogP contribution in [0.25, 0.3) is 0 Å². The number of para-hydroxylation sites is 10. The quantitative estimate of drug-likeness (QED) is 0.0802. The van der Waals surface area contributed by atoms with Gasteiger partial charge in [0, 0.05) is 71.7 Å². The van der Waals surface area contributed by atoms with Crippen LogP contribution in [0.3, 0.4) is 0 Å². The minimum Gasteiger partial charge on any atom is -0.872 e. The molecular weight excluding hydrogens is 1580 g/mol. The van der Waals surface area contributed by atoms with Crippen LogP contribution in [-0.2, 0) is 51.4 Å². The number of aliphatic imine (C=N–C) groups is 2. The number of quaternary nitrogens is 1. The molecule has 2 N–H and O–H groups in total. The third kappa shape index (κ3) is 24.4. The summed E-state index contributed by atoms with van der Waals surface area (Å²) in [5.41, 5.74) is 11.5. The van der Waals surface area contributed by atoms with Gasteiger partial charge >= 0.3 is 80.8 Å². The smallest absolute Gasteiger partial charge is 0.872 e. The van der Waals surface area contributed by atoms with Gasteiger partial charge in [0.15, 0.2) is 0 Å². The third-order valence-corrected chi connectivity index (χ3v) is 17.2. The van der Waals surface area contributed by atoms with Crippen LogP contribution >= 0.6 is 0 Å². The molecule has 0 amide bonds. The van der Waals surface area contributed by atoms with E-state index in [1.54, 1.807) is 108 Å². The molecule has 10 aromatic carbocycles. The molecule has 18 heteroatoms. The van der Waals surface area contributed by atoms with E-state index in [0.717, 1.165) is 22.3 Å². The number of phenols is 1. The van der Waals surface area contributed by atoms with E-state index >= 15 is 0 Å². The monoisotopic (exact) mass is 1660 g/mol. The number of rotatable bonds is 13. The second kappa shape index (κ2) is 45.0. The van der Waals surface area contributed by atoms with Crippen LogP contribution in [0.4, 0.5) is 0 Å². The Morgan fingerprint density at radius 2 is 0.548 bits per heavy atom. The van der Waals surface area contributed by atoms with Crippen molar-refractivity contribution in [2.75, 3.05) is 45.9 Å².